The van der Waals surface area contributed by atoms with Gasteiger partial charge < -0.3 is 14.4 Å². The first kappa shape index (κ1) is 17.6. The molecule has 27 heavy (non-hydrogen) atoms. The van der Waals surface area contributed by atoms with Crippen molar-refractivity contribution in [3.05, 3.63) is 53.6 Å². The summed E-state index contributed by atoms with van der Waals surface area (Å²) in [6.07, 6.45) is 3.13. The van der Waals surface area contributed by atoms with E-state index in [4.69, 9.17) is 14.5 Å². The molecule has 2 aromatic rings. The van der Waals surface area contributed by atoms with Gasteiger partial charge in [-0.15, -0.1) is 0 Å². The molecule has 2 aliphatic rings. The minimum atomic E-state index is 0.0424. The topological polar surface area (TPSA) is 51.1 Å². The van der Waals surface area contributed by atoms with Crippen LogP contribution in [0.4, 0.5) is 5.69 Å². The molecule has 0 spiro atoms. The summed E-state index contributed by atoms with van der Waals surface area (Å²) in [5.41, 5.74) is 2.84. The number of carbonyl (C=O) groups is 1. The Bertz CT molecular complexity index is 858. The lowest BCUT2D eigenvalue weighted by molar-refractivity contribution is 0.100. The lowest BCUT2D eigenvalue weighted by Gasteiger charge is -2.28. The summed E-state index contributed by atoms with van der Waals surface area (Å²) in [4.78, 5) is 19.8. The van der Waals surface area contributed by atoms with E-state index in [1.54, 1.807) is 6.07 Å². The van der Waals surface area contributed by atoms with Crippen molar-refractivity contribution in [3.8, 4) is 11.5 Å². The number of amidine groups is 1. The zero-order valence-electron chi connectivity index (χ0n) is 15.6. The van der Waals surface area contributed by atoms with E-state index in [1.165, 1.54) is 5.56 Å². The number of anilines is 1. The minimum absolute atomic E-state index is 0.0424. The molecule has 0 amide bonds. The second kappa shape index (κ2) is 7.82. The highest BCUT2D eigenvalue weighted by atomic mass is 16.6. The highest BCUT2D eigenvalue weighted by molar-refractivity contribution is 6.07. The largest absolute Gasteiger partial charge is 0.486 e. The summed E-state index contributed by atoms with van der Waals surface area (Å²) < 4.78 is 11.2. The molecule has 0 saturated heterocycles. The van der Waals surface area contributed by atoms with Crippen LogP contribution in [-0.2, 0) is 0 Å². The predicted molar refractivity (Wildman–Crippen MR) is 106 cm³/mol. The molecule has 2 aliphatic heterocycles. The summed E-state index contributed by atoms with van der Waals surface area (Å²) in [6, 6.07) is 13.7. The number of aryl methyl sites for hydroxylation is 1. The van der Waals surface area contributed by atoms with Crippen molar-refractivity contribution in [2.45, 2.75) is 26.2 Å². The Kier molecular flexibility index (Phi) is 5.10. The molecule has 0 aromatic heterocycles. The Hall–Kier alpha value is -2.82. The summed E-state index contributed by atoms with van der Waals surface area (Å²) in [5, 5.41) is 0. The molecule has 5 heteroatoms. The molecular weight excluding hydrogens is 340 g/mol. The van der Waals surface area contributed by atoms with Crippen molar-refractivity contribution in [2.24, 2.45) is 4.99 Å². The van der Waals surface area contributed by atoms with Crippen molar-refractivity contribution in [2.75, 3.05) is 31.2 Å². The van der Waals surface area contributed by atoms with Crippen molar-refractivity contribution < 1.29 is 14.3 Å². The molecule has 0 bridgehead atoms. The lowest BCUT2D eigenvalue weighted by atomic mass is 10.1. The van der Waals surface area contributed by atoms with E-state index in [-0.39, 0.29) is 12.3 Å². The van der Waals surface area contributed by atoms with Gasteiger partial charge in [0.1, 0.15) is 19.0 Å². The van der Waals surface area contributed by atoms with Crippen molar-refractivity contribution in [1.29, 1.82) is 0 Å². The zero-order chi connectivity index (χ0) is 18.6. The third-order valence-corrected chi connectivity index (χ3v) is 4.93. The number of ether oxygens (including phenoxy) is 2. The van der Waals surface area contributed by atoms with Crippen LogP contribution >= 0.6 is 0 Å². The average Bonchev–Trinajstić information content (AvgIpc) is 2.73. The summed E-state index contributed by atoms with van der Waals surface area (Å²) in [6.45, 7) is 4.21. The van der Waals surface area contributed by atoms with Gasteiger partial charge in [0.2, 0.25) is 0 Å². The average molecular weight is 364 g/mol. The monoisotopic (exact) mass is 364 g/mol. The highest BCUT2D eigenvalue weighted by Crippen LogP contribution is 2.31. The van der Waals surface area contributed by atoms with E-state index >= 15 is 0 Å². The van der Waals surface area contributed by atoms with Gasteiger partial charge in [-0.1, -0.05) is 17.7 Å². The molecule has 0 atom stereocenters. The Morgan fingerprint density at radius 1 is 1.04 bits per heavy atom. The number of aliphatic imine (C=N–C) groups is 1. The van der Waals surface area contributed by atoms with E-state index in [0.717, 1.165) is 37.3 Å². The Labute approximate surface area is 159 Å². The van der Waals surface area contributed by atoms with Gasteiger partial charge in [0, 0.05) is 24.2 Å². The fourth-order valence-electron chi connectivity index (χ4n) is 3.41. The normalized spacial score (nSPS) is 15.8. The molecule has 0 fully saturated rings. The number of Topliss-reactive ketones (excluding diaryl/α,β-unsaturated/α-hetero) is 1. The SMILES string of the molecule is Cc1ccc(N(CC(=O)c2ccc3c(c2)OCCO3)C2=NCCCC2)cc1. The molecule has 0 saturated carbocycles. The molecule has 4 rings (SSSR count). The van der Waals surface area contributed by atoms with Gasteiger partial charge in [0.25, 0.3) is 0 Å². The molecule has 0 aliphatic carbocycles. The standard InChI is InChI=1S/C22H24N2O3/c1-16-5-8-18(9-6-16)24(22-4-2-3-11-23-22)15-19(25)17-7-10-20-21(14-17)27-13-12-26-20/h5-10,14H,2-4,11-13,15H2,1H3. The van der Waals surface area contributed by atoms with E-state index in [1.807, 2.05) is 12.1 Å². The summed E-state index contributed by atoms with van der Waals surface area (Å²) in [7, 11) is 0. The Morgan fingerprint density at radius 2 is 1.81 bits per heavy atom. The number of carbonyl (C=O) groups excluding carboxylic acids is 1. The molecular formula is C22H24N2O3. The first-order valence-electron chi connectivity index (χ1n) is 9.51. The predicted octanol–water partition coefficient (Wildman–Crippen LogP) is 4.04. The maximum Gasteiger partial charge on any atom is 0.182 e. The van der Waals surface area contributed by atoms with E-state index in [2.05, 4.69) is 36.1 Å². The maximum atomic E-state index is 13.0. The molecule has 2 aromatic carbocycles. The third kappa shape index (κ3) is 3.97. The van der Waals surface area contributed by atoms with Crippen LogP contribution in [0.3, 0.4) is 0 Å². The van der Waals surface area contributed by atoms with Gasteiger partial charge in [0.15, 0.2) is 17.3 Å². The van der Waals surface area contributed by atoms with Gasteiger partial charge in [-0.2, -0.15) is 0 Å². The molecule has 2 heterocycles. The molecule has 140 valence electrons. The Balaban J connectivity index is 1.60. The van der Waals surface area contributed by atoms with Crippen LogP contribution < -0.4 is 14.4 Å². The second-order valence-corrected chi connectivity index (χ2v) is 6.96. The van der Waals surface area contributed by atoms with Gasteiger partial charge in [0.05, 0.1) is 6.54 Å². The smallest absolute Gasteiger partial charge is 0.182 e. The fraction of sp³-hybridized carbons (Fsp3) is 0.364. The van der Waals surface area contributed by atoms with Crippen LogP contribution in [0, 0.1) is 6.92 Å². The van der Waals surface area contributed by atoms with Crippen molar-refractivity contribution in [1.82, 2.24) is 0 Å². The minimum Gasteiger partial charge on any atom is -0.486 e. The van der Waals surface area contributed by atoms with Crippen LogP contribution in [0.5, 0.6) is 11.5 Å². The number of fused-ring (bicyclic) bond motifs is 1. The summed E-state index contributed by atoms with van der Waals surface area (Å²) in [5.74, 6) is 2.38. The van der Waals surface area contributed by atoms with Crippen molar-refractivity contribution in [3.63, 3.8) is 0 Å². The van der Waals surface area contributed by atoms with Crippen molar-refractivity contribution >= 4 is 17.3 Å². The van der Waals surface area contributed by atoms with Crippen LogP contribution in [0.25, 0.3) is 0 Å². The molecule has 0 N–H and O–H groups in total. The molecule has 5 nitrogen and oxygen atoms in total. The third-order valence-electron chi connectivity index (χ3n) is 4.93. The molecule has 0 unspecified atom stereocenters. The first-order valence-corrected chi connectivity index (χ1v) is 9.51. The van der Waals surface area contributed by atoms with Gasteiger partial charge in [-0.3, -0.25) is 9.79 Å². The molecule has 0 radical (unpaired) electrons. The number of nitrogens with zero attached hydrogens (tertiary/aromatic N) is 2. The number of hydrogen-bond acceptors (Lipinski definition) is 5. The van der Waals surface area contributed by atoms with E-state index < -0.39 is 0 Å². The van der Waals surface area contributed by atoms with Crippen LogP contribution in [0.15, 0.2) is 47.5 Å². The highest BCUT2D eigenvalue weighted by Gasteiger charge is 2.21. The van der Waals surface area contributed by atoms with Crippen LogP contribution in [0.1, 0.15) is 35.2 Å². The first-order chi connectivity index (χ1) is 13.2. The maximum absolute atomic E-state index is 13.0. The van der Waals surface area contributed by atoms with Gasteiger partial charge >= 0.3 is 0 Å². The van der Waals surface area contributed by atoms with Crippen LogP contribution in [-0.4, -0.2) is 37.9 Å². The number of benzene rings is 2. The lowest BCUT2D eigenvalue weighted by Crippen LogP contribution is -2.37. The second-order valence-electron chi connectivity index (χ2n) is 6.96. The van der Waals surface area contributed by atoms with E-state index in [9.17, 15) is 4.79 Å². The zero-order valence-corrected chi connectivity index (χ0v) is 15.6. The Morgan fingerprint density at radius 3 is 2.56 bits per heavy atom. The fourth-order valence-corrected chi connectivity index (χ4v) is 3.41. The van der Waals surface area contributed by atoms with Gasteiger partial charge in [-0.25, -0.2) is 0 Å². The number of ketones is 1. The number of hydrogen-bond donors (Lipinski definition) is 0. The van der Waals surface area contributed by atoms with E-state index in [0.29, 0.717) is 30.3 Å². The quantitative estimate of drug-likeness (QED) is 0.769. The number of rotatable bonds is 4. The van der Waals surface area contributed by atoms with Crippen LogP contribution in [0.2, 0.25) is 0 Å². The summed E-state index contributed by atoms with van der Waals surface area (Å²) >= 11 is 0. The van der Waals surface area contributed by atoms with Gasteiger partial charge in [-0.05, 0) is 50.1 Å².